The zero-order chi connectivity index (χ0) is 11.3. The van der Waals surface area contributed by atoms with E-state index in [1.54, 1.807) is 0 Å². The van der Waals surface area contributed by atoms with Gasteiger partial charge in [0.1, 0.15) is 0 Å². The molecule has 15 heavy (non-hydrogen) atoms. The lowest BCUT2D eigenvalue weighted by molar-refractivity contribution is 0.855. The van der Waals surface area contributed by atoms with Crippen LogP contribution in [0.3, 0.4) is 0 Å². The summed E-state index contributed by atoms with van der Waals surface area (Å²) in [7, 11) is 0. The molecule has 0 saturated heterocycles. The summed E-state index contributed by atoms with van der Waals surface area (Å²) in [5.74, 6) is 0. The van der Waals surface area contributed by atoms with E-state index in [1.165, 1.54) is 16.8 Å². The first-order valence-corrected chi connectivity index (χ1v) is 5.77. The Morgan fingerprint density at radius 3 is 2.33 bits per heavy atom. The van der Waals surface area contributed by atoms with Gasteiger partial charge in [-0.3, -0.25) is 0 Å². The molecule has 0 amide bonds. The second-order valence-corrected chi connectivity index (χ2v) is 3.57. The molecule has 0 fully saturated rings. The van der Waals surface area contributed by atoms with Gasteiger partial charge in [0.2, 0.25) is 0 Å². The highest BCUT2D eigenvalue weighted by molar-refractivity contribution is 5.64. The van der Waals surface area contributed by atoms with Gasteiger partial charge in [0.15, 0.2) is 0 Å². The lowest BCUT2D eigenvalue weighted by Crippen LogP contribution is -2.23. The summed E-state index contributed by atoms with van der Waals surface area (Å²) in [5, 5.41) is 0. The Hall–Kier alpha value is -1.24. The highest BCUT2D eigenvalue weighted by atomic mass is 15.1. The Bertz CT molecular complexity index is 324. The molecule has 1 nitrogen and oxygen atoms in total. The first-order chi connectivity index (χ1) is 7.28. The third kappa shape index (κ3) is 2.41. The van der Waals surface area contributed by atoms with Crippen molar-refractivity contribution in [3.05, 3.63) is 35.9 Å². The number of nitrogens with zero attached hydrogens (tertiary/aromatic N) is 1. The van der Waals surface area contributed by atoms with Crippen molar-refractivity contribution in [1.82, 2.24) is 0 Å². The quantitative estimate of drug-likeness (QED) is 0.704. The molecule has 1 aromatic rings. The fourth-order valence-electron chi connectivity index (χ4n) is 2.03. The van der Waals surface area contributed by atoms with Crippen molar-refractivity contribution >= 4 is 11.8 Å². The van der Waals surface area contributed by atoms with E-state index >= 15 is 0 Å². The second-order valence-electron chi connectivity index (χ2n) is 3.57. The molecule has 82 valence electrons. The summed E-state index contributed by atoms with van der Waals surface area (Å²) >= 11 is 0. The van der Waals surface area contributed by atoms with E-state index < -0.39 is 0 Å². The van der Waals surface area contributed by atoms with E-state index in [-0.39, 0.29) is 0 Å². The minimum absolute atomic E-state index is 1.06. The maximum atomic E-state index is 3.87. The van der Waals surface area contributed by atoms with Crippen molar-refractivity contribution in [3.8, 4) is 0 Å². The Balaban J connectivity index is 3.21. The molecule has 0 unspecified atom stereocenters. The first kappa shape index (κ1) is 11.8. The molecule has 0 aliphatic carbocycles. The summed E-state index contributed by atoms with van der Waals surface area (Å²) in [6.07, 6.45) is 3.01. The zero-order valence-corrected chi connectivity index (χ0v) is 10.1. The van der Waals surface area contributed by atoms with Gasteiger partial charge in [-0.2, -0.15) is 0 Å². The van der Waals surface area contributed by atoms with E-state index in [2.05, 4.69) is 50.4 Å². The van der Waals surface area contributed by atoms with Crippen LogP contribution in [-0.2, 0) is 6.42 Å². The minimum Gasteiger partial charge on any atom is -0.372 e. The molecule has 1 heteroatoms. The molecule has 0 saturated carbocycles. The number of hydrogen-bond acceptors (Lipinski definition) is 1. The lowest BCUT2D eigenvalue weighted by Gasteiger charge is -2.25. The van der Waals surface area contributed by atoms with Crippen LogP contribution in [0.2, 0.25) is 0 Å². The molecule has 0 bridgehead atoms. The Morgan fingerprint density at radius 1 is 1.20 bits per heavy atom. The van der Waals surface area contributed by atoms with Gasteiger partial charge in [-0.15, -0.1) is 0 Å². The molecule has 0 spiro atoms. The van der Waals surface area contributed by atoms with Crippen LogP contribution in [0.25, 0.3) is 6.08 Å². The number of hydrogen-bond donors (Lipinski definition) is 0. The predicted molar refractivity (Wildman–Crippen MR) is 69.5 cm³/mol. The molecule has 0 radical (unpaired) electrons. The second kappa shape index (κ2) is 5.59. The first-order valence-electron chi connectivity index (χ1n) is 5.77. The summed E-state index contributed by atoms with van der Waals surface area (Å²) in [4.78, 5) is 2.39. The average molecular weight is 203 g/mol. The van der Waals surface area contributed by atoms with Crippen LogP contribution in [0, 0.1) is 0 Å². The molecule has 0 aliphatic heterocycles. The van der Waals surface area contributed by atoms with Gasteiger partial charge in [0.05, 0.1) is 0 Å². The van der Waals surface area contributed by atoms with Gasteiger partial charge in [-0.1, -0.05) is 31.7 Å². The third-order valence-corrected chi connectivity index (χ3v) is 2.87. The fourth-order valence-corrected chi connectivity index (χ4v) is 2.03. The van der Waals surface area contributed by atoms with Crippen LogP contribution in [0.15, 0.2) is 24.8 Å². The van der Waals surface area contributed by atoms with Crippen LogP contribution in [0.1, 0.15) is 31.9 Å². The monoisotopic (exact) mass is 203 g/mol. The minimum atomic E-state index is 1.06. The van der Waals surface area contributed by atoms with Crippen molar-refractivity contribution in [3.63, 3.8) is 0 Å². The third-order valence-electron chi connectivity index (χ3n) is 2.87. The fraction of sp³-hybridized carbons (Fsp3) is 0.429. The SMILES string of the molecule is C=Cc1cccc(N(CC)CC)c1CC. The van der Waals surface area contributed by atoms with Crippen molar-refractivity contribution in [1.29, 1.82) is 0 Å². The summed E-state index contributed by atoms with van der Waals surface area (Å²) < 4.78 is 0. The molecule has 0 aliphatic rings. The Kier molecular flexibility index (Phi) is 4.41. The molecule has 1 rings (SSSR count). The highest BCUT2D eigenvalue weighted by Gasteiger charge is 2.08. The van der Waals surface area contributed by atoms with E-state index in [9.17, 15) is 0 Å². The summed E-state index contributed by atoms with van der Waals surface area (Å²) in [5.41, 5.74) is 4.04. The van der Waals surface area contributed by atoms with E-state index in [0.717, 1.165) is 19.5 Å². The number of rotatable bonds is 5. The van der Waals surface area contributed by atoms with Crippen molar-refractivity contribution in [2.24, 2.45) is 0 Å². The highest BCUT2D eigenvalue weighted by Crippen LogP contribution is 2.25. The Morgan fingerprint density at radius 2 is 1.87 bits per heavy atom. The average Bonchev–Trinajstić information content (AvgIpc) is 2.30. The number of benzene rings is 1. The van der Waals surface area contributed by atoms with Crippen LogP contribution >= 0.6 is 0 Å². The standard InChI is InChI=1S/C14H21N/c1-5-12-10-9-11-14(13(12)6-2)15(7-3)8-4/h5,9-11H,1,6-8H2,2-4H3. The summed E-state index contributed by atoms with van der Waals surface area (Å²) in [6, 6.07) is 6.46. The zero-order valence-electron chi connectivity index (χ0n) is 10.1. The van der Waals surface area contributed by atoms with Gasteiger partial charge in [0.25, 0.3) is 0 Å². The smallest absolute Gasteiger partial charge is 0.0404 e. The van der Waals surface area contributed by atoms with Crippen LogP contribution in [0.4, 0.5) is 5.69 Å². The maximum Gasteiger partial charge on any atom is 0.0404 e. The normalized spacial score (nSPS) is 10.1. The van der Waals surface area contributed by atoms with E-state index in [4.69, 9.17) is 0 Å². The molecular weight excluding hydrogens is 182 g/mol. The van der Waals surface area contributed by atoms with Crippen LogP contribution < -0.4 is 4.90 Å². The molecule has 0 atom stereocenters. The maximum absolute atomic E-state index is 3.87. The van der Waals surface area contributed by atoms with Crippen molar-refractivity contribution in [2.75, 3.05) is 18.0 Å². The molecule has 0 heterocycles. The van der Waals surface area contributed by atoms with E-state index in [0.29, 0.717) is 0 Å². The molecule has 0 aromatic heterocycles. The van der Waals surface area contributed by atoms with Gasteiger partial charge >= 0.3 is 0 Å². The van der Waals surface area contributed by atoms with Crippen LogP contribution in [0.5, 0.6) is 0 Å². The van der Waals surface area contributed by atoms with Gasteiger partial charge in [-0.05, 0) is 37.5 Å². The van der Waals surface area contributed by atoms with Gasteiger partial charge in [0, 0.05) is 18.8 Å². The Labute approximate surface area is 93.4 Å². The summed E-state index contributed by atoms with van der Waals surface area (Å²) in [6.45, 7) is 12.6. The number of anilines is 1. The van der Waals surface area contributed by atoms with Gasteiger partial charge in [-0.25, -0.2) is 0 Å². The topological polar surface area (TPSA) is 3.24 Å². The molecule has 0 N–H and O–H groups in total. The van der Waals surface area contributed by atoms with Crippen LogP contribution in [-0.4, -0.2) is 13.1 Å². The molecular formula is C14H21N. The largest absolute Gasteiger partial charge is 0.372 e. The lowest BCUT2D eigenvalue weighted by atomic mass is 10.0. The molecule has 1 aromatic carbocycles. The predicted octanol–water partition coefficient (Wildman–Crippen LogP) is 3.74. The van der Waals surface area contributed by atoms with E-state index in [1.807, 2.05) is 6.08 Å². The van der Waals surface area contributed by atoms with Gasteiger partial charge < -0.3 is 4.90 Å². The van der Waals surface area contributed by atoms with Crippen molar-refractivity contribution < 1.29 is 0 Å². The van der Waals surface area contributed by atoms with Crippen molar-refractivity contribution in [2.45, 2.75) is 27.2 Å².